The van der Waals surface area contributed by atoms with Gasteiger partial charge in [0.25, 0.3) is 5.91 Å². The first-order valence-corrected chi connectivity index (χ1v) is 7.78. The summed E-state index contributed by atoms with van der Waals surface area (Å²) in [6.45, 7) is 5.46. The topological polar surface area (TPSA) is 55.6 Å². The number of ether oxygens (including phenoxy) is 1. The highest BCUT2D eigenvalue weighted by Gasteiger charge is 2.26. The van der Waals surface area contributed by atoms with E-state index in [1.807, 2.05) is 36.9 Å². The van der Waals surface area contributed by atoms with Crippen molar-refractivity contribution >= 4 is 17.5 Å². The maximum atomic E-state index is 12.3. The quantitative estimate of drug-likeness (QED) is 0.930. The molecule has 1 amide bonds. The number of rotatable bonds is 4. The lowest BCUT2D eigenvalue weighted by molar-refractivity contribution is -0.135. The summed E-state index contributed by atoms with van der Waals surface area (Å²) in [5, 5.41) is 0.648. The van der Waals surface area contributed by atoms with E-state index in [4.69, 9.17) is 22.1 Å². The Bertz CT molecular complexity index is 505. The molecule has 1 saturated heterocycles. The summed E-state index contributed by atoms with van der Waals surface area (Å²) in [7, 11) is 0. The molecule has 1 aromatic rings. The second-order valence-corrected chi connectivity index (χ2v) is 6.16. The highest BCUT2D eigenvalue weighted by Crippen LogP contribution is 2.25. The minimum Gasteiger partial charge on any atom is -0.483 e. The van der Waals surface area contributed by atoms with Crippen LogP contribution in [0.15, 0.2) is 18.2 Å². The number of likely N-dealkylation sites (tertiary alicyclic amines) is 1. The van der Waals surface area contributed by atoms with Gasteiger partial charge in [-0.25, -0.2) is 0 Å². The second kappa shape index (κ2) is 7.14. The van der Waals surface area contributed by atoms with Gasteiger partial charge in [0.15, 0.2) is 6.61 Å². The molecule has 21 heavy (non-hydrogen) atoms. The molecule has 1 aliphatic heterocycles. The zero-order valence-electron chi connectivity index (χ0n) is 12.6. The molecule has 1 fully saturated rings. The number of piperidine rings is 1. The lowest BCUT2D eigenvalue weighted by Gasteiger charge is -2.34. The van der Waals surface area contributed by atoms with Gasteiger partial charge in [-0.15, -0.1) is 0 Å². The van der Waals surface area contributed by atoms with E-state index in [2.05, 4.69) is 0 Å². The van der Waals surface area contributed by atoms with Gasteiger partial charge >= 0.3 is 0 Å². The molecule has 5 heteroatoms. The number of carbonyl (C=O) groups is 1. The molecule has 0 aromatic heterocycles. The van der Waals surface area contributed by atoms with Crippen molar-refractivity contribution in [2.45, 2.75) is 32.7 Å². The van der Waals surface area contributed by atoms with Gasteiger partial charge in [-0.2, -0.15) is 0 Å². The van der Waals surface area contributed by atoms with Crippen molar-refractivity contribution in [1.29, 1.82) is 0 Å². The molecular weight excluding hydrogens is 288 g/mol. The van der Waals surface area contributed by atoms with Crippen molar-refractivity contribution in [2.24, 2.45) is 11.7 Å². The molecule has 116 valence electrons. The standard InChI is InChI=1S/C16H23ClN2O2/c1-11-14(17)6-3-7-15(11)21-10-16(20)19-8-4-5-13(9-19)12(2)18/h3,6-7,12-13H,4-5,8-10,18H2,1-2H3. The van der Waals surface area contributed by atoms with E-state index in [1.165, 1.54) is 0 Å². The maximum absolute atomic E-state index is 12.3. The lowest BCUT2D eigenvalue weighted by atomic mass is 9.92. The van der Waals surface area contributed by atoms with Crippen molar-refractivity contribution in [3.63, 3.8) is 0 Å². The van der Waals surface area contributed by atoms with Crippen LogP contribution in [0.2, 0.25) is 5.02 Å². The third kappa shape index (κ3) is 4.11. The number of hydrogen-bond donors (Lipinski definition) is 1. The predicted octanol–water partition coefficient (Wildman–Crippen LogP) is 2.61. The fraction of sp³-hybridized carbons (Fsp3) is 0.562. The van der Waals surface area contributed by atoms with Gasteiger partial charge in [-0.05, 0) is 44.7 Å². The van der Waals surface area contributed by atoms with Crippen molar-refractivity contribution in [2.75, 3.05) is 19.7 Å². The van der Waals surface area contributed by atoms with Gasteiger partial charge in [0.05, 0.1) is 0 Å². The zero-order chi connectivity index (χ0) is 15.4. The molecule has 4 nitrogen and oxygen atoms in total. The van der Waals surface area contributed by atoms with Gasteiger partial charge in [0, 0.05) is 29.7 Å². The van der Waals surface area contributed by atoms with Crippen molar-refractivity contribution in [3.05, 3.63) is 28.8 Å². The molecule has 0 bridgehead atoms. The minimum atomic E-state index is 0.0136. The Labute approximate surface area is 131 Å². The van der Waals surface area contributed by atoms with Crippen LogP contribution in [0.4, 0.5) is 0 Å². The average molecular weight is 311 g/mol. The number of benzene rings is 1. The first kappa shape index (κ1) is 16.1. The normalized spacial score (nSPS) is 20.2. The summed E-state index contributed by atoms with van der Waals surface area (Å²) >= 11 is 6.04. The molecule has 2 unspecified atom stereocenters. The Balaban J connectivity index is 1.91. The Morgan fingerprint density at radius 3 is 3.05 bits per heavy atom. The Morgan fingerprint density at radius 1 is 1.57 bits per heavy atom. The summed E-state index contributed by atoms with van der Waals surface area (Å²) in [5.74, 6) is 1.06. The Morgan fingerprint density at radius 2 is 2.33 bits per heavy atom. The number of nitrogens with two attached hydrogens (primary N) is 1. The molecule has 0 radical (unpaired) electrons. The van der Waals surface area contributed by atoms with Crippen LogP contribution in [0.3, 0.4) is 0 Å². The van der Waals surface area contributed by atoms with Crippen LogP contribution < -0.4 is 10.5 Å². The lowest BCUT2D eigenvalue weighted by Crippen LogP contribution is -2.46. The maximum Gasteiger partial charge on any atom is 0.260 e. The summed E-state index contributed by atoms with van der Waals surface area (Å²) in [5.41, 5.74) is 6.81. The molecule has 2 rings (SSSR count). The molecule has 1 aromatic carbocycles. The molecule has 0 saturated carbocycles. The number of halogens is 1. The summed E-state index contributed by atoms with van der Waals surface area (Å²) < 4.78 is 5.62. The third-order valence-electron chi connectivity index (χ3n) is 4.12. The van der Waals surface area contributed by atoms with Crippen LogP contribution in [0.25, 0.3) is 0 Å². The smallest absolute Gasteiger partial charge is 0.260 e. The third-order valence-corrected chi connectivity index (χ3v) is 4.53. The highest BCUT2D eigenvalue weighted by atomic mass is 35.5. The SMILES string of the molecule is Cc1c(Cl)cccc1OCC(=O)N1CCCC(C(C)N)C1. The largest absolute Gasteiger partial charge is 0.483 e. The Kier molecular flexibility index (Phi) is 5.48. The molecule has 2 N–H and O–H groups in total. The van der Waals surface area contributed by atoms with Crippen LogP contribution in [0.5, 0.6) is 5.75 Å². The van der Waals surface area contributed by atoms with Crippen molar-refractivity contribution in [1.82, 2.24) is 4.90 Å². The molecule has 2 atom stereocenters. The number of carbonyl (C=O) groups excluding carboxylic acids is 1. The first-order valence-electron chi connectivity index (χ1n) is 7.40. The summed E-state index contributed by atoms with van der Waals surface area (Å²) in [6, 6.07) is 5.58. The van der Waals surface area contributed by atoms with Crippen molar-refractivity contribution < 1.29 is 9.53 Å². The molecule has 0 aliphatic carbocycles. The average Bonchev–Trinajstić information content (AvgIpc) is 2.48. The van der Waals surface area contributed by atoms with E-state index in [1.54, 1.807) is 0 Å². The van der Waals surface area contributed by atoms with E-state index in [-0.39, 0.29) is 18.6 Å². The van der Waals surface area contributed by atoms with E-state index in [9.17, 15) is 4.79 Å². The van der Waals surface area contributed by atoms with Gasteiger partial charge < -0.3 is 15.4 Å². The van der Waals surface area contributed by atoms with E-state index in [0.29, 0.717) is 16.7 Å². The number of hydrogen-bond acceptors (Lipinski definition) is 3. The van der Waals surface area contributed by atoms with Gasteiger partial charge in [-0.1, -0.05) is 17.7 Å². The molecular formula is C16H23ClN2O2. The monoisotopic (exact) mass is 310 g/mol. The van der Waals surface area contributed by atoms with Crippen LogP contribution in [0, 0.1) is 12.8 Å². The van der Waals surface area contributed by atoms with Gasteiger partial charge in [0.2, 0.25) is 0 Å². The second-order valence-electron chi connectivity index (χ2n) is 5.75. The van der Waals surface area contributed by atoms with Crippen LogP contribution in [0.1, 0.15) is 25.3 Å². The molecule has 1 aliphatic rings. The molecule has 1 heterocycles. The zero-order valence-corrected chi connectivity index (χ0v) is 13.4. The van der Waals surface area contributed by atoms with Gasteiger partial charge in [0.1, 0.15) is 5.75 Å². The summed E-state index contributed by atoms with van der Waals surface area (Å²) in [4.78, 5) is 14.1. The van der Waals surface area contributed by atoms with Gasteiger partial charge in [-0.3, -0.25) is 4.79 Å². The predicted molar refractivity (Wildman–Crippen MR) is 84.6 cm³/mol. The number of amides is 1. The fourth-order valence-corrected chi connectivity index (χ4v) is 2.81. The van der Waals surface area contributed by atoms with Crippen LogP contribution in [-0.4, -0.2) is 36.5 Å². The number of nitrogens with zero attached hydrogens (tertiary/aromatic N) is 1. The van der Waals surface area contributed by atoms with E-state index < -0.39 is 0 Å². The van der Waals surface area contributed by atoms with E-state index >= 15 is 0 Å². The van der Waals surface area contributed by atoms with Crippen LogP contribution in [-0.2, 0) is 4.79 Å². The Hall–Kier alpha value is -1.26. The highest BCUT2D eigenvalue weighted by molar-refractivity contribution is 6.31. The van der Waals surface area contributed by atoms with Crippen LogP contribution >= 0.6 is 11.6 Å². The fourth-order valence-electron chi connectivity index (χ4n) is 2.64. The van der Waals surface area contributed by atoms with E-state index in [0.717, 1.165) is 31.5 Å². The summed E-state index contributed by atoms with van der Waals surface area (Å²) in [6.07, 6.45) is 2.10. The minimum absolute atomic E-state index is 0.0136. The molecule has 0 spiro atoms. The first-order chi connectivity index (χ1) is 9.99. The van der Waals surface area contributed by atoms with Crippen molar-refractivity contribution in [3.8, 4) is 5.75 Å².